The Morgan fingerprint density at radius 1 is 1.24 bits per heavy atom. The molecule has 0 aromatic rings. The maximum Gasteiger partial charge on any atom is 0.228 e. The molecular formula is C16H31ClN2O2. The van der Waals surface area contributed by atoms with E-state index < -0.39 is 0 Å². The number of halogens is 1. The molecule has 0 radical (unpaired) electrons. The highest BCUT2D eigenvalue weighted by Crippen LogP contribution is 2.50. The lowest BCUT2D eigenvalue weighted by Gasteiger charge is -2.36. The summed E-state index contributed by atoms with van der Waals surface area (Å²) in [4.78, 5) is 12.7. The molecule has 0 bridgehead atoms. The van der Waals surface area contributed by atoms with Gasteiger partial charge in [0.25, 0.3) is 0 Å². The molecule has 1 saturated carbocycles. The summed E-state index contributed by atoms with van der Waals surface area (Å²) in [5.41, 5.74) is 0.0823. The van der Waals surface area contributed by atoms with Crippen molar-refractivity contribution in [3.63, 3.8) is 0 Å². The highest BCUT2D eigenvalue weighted by atomic mass is 35.5. The Morgan fingerprint density at radius 3 is 2.33 bits per heavy atom. The second-order valence-corrected chi connectivity index (χ2v) is 7.24. The first kappa shape index (κ1) is 18.7. The molecule has 1 saturated heterocycles. The number of carbonyl (C=O) groups excluding carboxylic acids is 1. The SMILES string of the molecule is COCC1(C(=O)NCC2(CC(C)C)CC2)CCNCC1.Cl. The van der Waals surface area contributed by atoms with Gasteiger partial charge in [-0.2, -0.15) is 0 Å². The van der Waals surface area contributed by atoms with Crippen LogP contribution >= 0.6 is 12.4 Å². The summed E-state index contributed by atoms with van der Waals surface area (Å²) in [6.07, 6.45) is 5.52. The number of amides is 1. The normalized spacial score (nSPS) is 22.5. The largest absolute Gasteiger partial charge is 0.384 e. The Hall–Kier alpha value is -0.320. The van der Waals surface area contributed by atoms with Crippen LogP contribution in [-0.4, -0.2) is 39.3 Å². The second kappa shape index (κ2) is 7.80. The van der Waals surface area contributed by atoms with E-state index in [1.54, 1.807) is 7.11 Å². The van der Waals surface area contributed by atoms with Crippen LogP contribution in [0.2, 0.25) is 0 Å². The van der Waals surface area contributed by atoms with Crippen LogP contribution in [0.4, 0.5) is 0 Å². The third-order valence-corrected chi connectivity index (χ3v) is 4.89. The van der Waals surface area contributed by atoms with E-state index in [4.69, 9.17) is 4.74 Å². The smallest absolute Gasteiger partial charge is 0.228 e. The molecule has 1 aliphatic carbocycles. The van der Waals surface area contributed by atoms with Crippen molar-refractivity contribution in [2.24, 2.45) is 16.7 Å². The van der Waals surface area contributed by atoms with Crippen LogP contribution < -0.4 is 10.6 Å². The number of carbonyl (C=O) groups is 1. The van der Waals surface area contributed by atoms with Crippen molar-refractivity contribution in [2.45, 2.75) is 46.0 Å². The lowest BCUT2D eigenvalue weighted by Crippen LogP contribution is -2.51. The van der Waals surface area contributed by atoms with Gasteiger partial charge in [0.05, 0.1) is 12.0 Å². The van der Waals surface area contributed by atoms with Crippen LogP contribution in [0.15, 0.2) is 0 Å². The summed E-state index contributed by atoms with van der Waals surface area (Å²) < 4.78 is 5.33. The van der Waals surface area contributed by atoms with E-state index in [-0.39, 0.29) is 23.7 Å². The predicted molar refractivity (Wildman–Crippen MR) is 87.8 cm³/mol. The molecule has 5 heteroatoms. The van der Waals surface area contributed by atoms with Crippen molar-refractivity contribution in [2.75, 3.05) is 33.4 Å². The van der Waals surface area contributed by atoms with E-state index in [2.05, 4.69) is 24.5 Å². The van der Waals surface area contributed by atoms with Crippen LogP contribution in [-0.2, 0) is 9.53 Å². The second-order valence-electron chi connectivity index (χ2n) is 7.24. The van der Waals surface area contributed by atoms with Gasteiger partial charge in [0, 0.05) is 13.7 Å². The zero-order chi connectivity index (χ0) is 14.6. The first-order chi connectivity index (χ1) is 9.52. The van der Waals surface area contributed by atoms with E-state index >= 15 is 0 Å². The quantitative estimate of drug-likeness (QED) is 0.757. The number of hydrogen-bond acceptors (Lipinski definition) is 3. The van der Waals surface area contributed by atoms with Crippen LogP contribution in [0.25, 0.3) is 0 Å². The summed E-state index contributed by atoms with van der Waals surface area (Å²) in [6.45, 7) is 7.74. The lowest BCUT2D eigenvalue weighted by atomic mass is 9.78. The summed E-state index contributed by atoms with van der Waals surface area (Å²) in [5.74, 6) is 0.914. The standard InChI is InChI=1S/C16H30N2O2.ClH/c1-13(2)10-15(4-5-15)11-18-14(19)16(12-20-3)6-8-17-9-7-16;/h13,17H,4-12H2,1-3H3,(H,18,19);1H. The molecule has 0 spiro atoms. The van der Waals surface area contributed by atoms with Gasteiger partial charge < -0.3 is 15.4 Å². The van der Waals surface area contributed by atoms with Gasteiger partial charge in [-0.3, -0.25) is 4.79 Å². The molecule has 0 unspecified atom stereocenters. The van der Waals surface area contributed by atoms with Gasteiger partial charge in [-0.05, 0) is 56.5 Å². The maximum atomic E-state index is 12.7. The number of piperidine rings is 1. The fraction of sp³-hybridized carbons (Fsp3) is 0.938. The van der Waals surface area contributed by atoms with Gasteiger partial charge in [-0.25, -0.2) is 0 Å². The number of rotatable bonds is 7. The third-order valence-electron chi connectivity index (χ3n) is 4.89. The van der Waals surface area contributed by atoms with Gasteiger partial charge in [0.2, 0.25) is 5.91 Å². The topological polar surface area (TPSA) is 50.4 Å². The summed E-state index contributed by atoms with van der Waals surface area (Å²) in [5, 5.41) is 6.57. The van der Waals surface area contributed by atoms with Crippen molar-refractivity contribution in [3.8, 4) is 0 Å². The summed E-state index contributed by atoms with van der Waals surface area (Å²) >= 11 is 0. The van der Waals surface area contributed by atoms with E-state index in [9.17, 15) is 4.79 Å². The van der Waals surface area contributed by atoms with Crippen molar-refractivity contribution >= 4 is 18.3 Å². The number of hydrogen-bond donors (Lipinski definition) is 2. The van der Waals surface area contributed by atoms with Crippen LogP contribution in [0.1, 0.15) is 46.0 Å². The monoisotopic (exact) mass is 318 g/mol. The van der Waals surface area contributed by atoms with Crippen molar-refractivity contribution in [1.29, 1.82) is 0 Å². The molecule has 21 heavy (non-hydrogen) atoms. The first-order valence-corrected chi connectivity index (χ1v) is 8.00. The van der Waals surface area contributed by atoms with E-state index in [1.807, 2.05) is 0 Å². The number of ether oxygens (including phenoxy) is 1. The summed E-state index contributed by atoms with van der Waals surface area (Å²) in [6, 6.07) is 0. The highest BCUT2D eigenvalue weighted by Gasteiger charge is 2.45. The zero-order valence-electron chi connectivity index (χ0n) is 13.7. The Bertz CT molecular complexity index is 332. The molecule has 2 rings (SSSR count). The molecular weight excluding hydrogens is 288 g/mol. The molecule has 2 N–H and O–H groups in total. The van der Waals surface area contributed by atoms with Gasteiger partial charge in [0.1, 0.15) is 0 Å². The highest BCUT2D eigenvalue weighted by molar-refractivity contribution is 5.85. The number of nitrogens with one attached hydrogen (secondary N) is 2. The molecule has 1 heterocycles. The molecule has 2 fully saturated rings. The van der Waals surface area contributed by atoms with Gasteiger partial charge in [-0.15, -0.1) is 12.4 Å². The van der Waals surface area contributed by atoms with E-state index in [1.165, 1.54) is 19.3 Å². The fourth-order valence-electron chi connectivity index (χ4n) is 3.57. The van der Waals surface area contributed by atoms with Gasteiger partial charge in [0.15, 0.2) is 0 Å². The summed E-state index contributed by atoms with van der Waals surface area (Å²) in [7, 11) is 1.69. The van der Waals surface area contributed by atoms with Crippen LogP contribution in [0.5, 0.6) is 0 Å². The fourth-order valence-corrected chi connectivity index (χ4v) is 3.57. The first-order valence-electron chi connectivity index (χ1n) is 8.00. The third kappa shape index (κ3) is 4.83. The van der Waals surface area contributed by atoms with Crippen LogP contribution in [0.3, 0.4) is 0 Å². The molecule has 4 nitrogen and oxygen atoms in total. The van der Waals surface area contributed by atoms with Gasteiger partial charge in [-0.1, -0.05) is 13.8 Å². The van der Waals surface area contributed by atoms with Crippen molar-refractivity contribution < 1.29 is 9.53 Å². The molecule has 1 aliphatic heterocycles. The molecule has 0 aromatic heterocycles. The molecule has 2 aliphatic rings. The lowest BCUT2D eigenvalue weighted by molar-refractivity contribution is -0.136. The Labute approximate surface area is 135 Å². The average molecular weight is 319 g/mol. The Morgan fingerprint density at radius 2 is 1.86 bits per heavy atom. The maximum absolute atomic E-state index is 12.7. The predicted octanol–water partition coefficient (Wildman–Crippen LogP) is 2.37. The van der Waals surface area contributed by atoms with Gasteiger partial charge >= 0.3 is 0 Å². The van der Waals surface area contributed by atoms with E-state index in [0.29, 0.717) is 17.9 Å². The van der Waals surface area contributed by atoms with Crippen molar-refractivity contribution in [1.82, 2.24) is 10.6 Å². The molecule has 0 atom stereocenters. The minimum absolute atomic E-state index is 0. The zero-order valence-corrected chi connectivity index (χ0v) is 14.5. The molecule has 1 amide bonds. The van der Waals surface area contributed by atoms with Crippen LogP contribution in [0, 0.1) is 16.7 Å². The average Bonchev–Trinajstić information content (AvgIpc) is 3.16. The van der Waals surface area contributed by atoms with Crippen molar-refractivity contribution in [3.05, 3.63) is 0 Å². The Kier molecular flexibility index (Phi) is 6.95. The molecule has 0 aromatic carbocycles. The van der Waals surface area contributed by atoms with E-state index in [0.717, 1.165) is 32.5 Å². The minimum atomic E-state index is -0.312. The number of methoxy groups -OCH3 is 1. The Balaban J connectivity index is 0.00000220. The minimum Gasteiger partial charge on any atom is -0.384 e. The molecule has 124 valence electrons.